The summed E-state index contributed by atoms with van der Waals surface area (Å²) in [7, 11) is 0. The Morgan fingerprint density at radius 2 is 2.20 bits per heavy atom. The Hall–Kier alpha value is -2.21. The predicted molar refractivity (Wildman–Crippen MR) is 80.3 cm³/mol. The molecule has 0 bridgehead atoms. The fraction of sp³-hybridized carbons (Fsp3) is 0.214. The Balaban J connectivity index is 2.40. The first-order valence-electron chi connectivity index (χ1n) is 6.30. The van der Waals surface area contributed by atoms with Crippen LogP contribution in [0.25, 0.3) is 20.7 Å². The number of fused-ring (bicyclic) bond motifs is 1. The molecule has 20 heavy (non-hydrogen) atoms. The molecule has 5 nitrogen and oxygen atoms in total. The first-order chi connectivity index (χ1) is 9.63. The molecule has 0 aliphatic rings. The van der Waals surface area contributed by atoms with Crippen molar-refractivity contribution in [2.75, 3.05) is 0 Å². The number of aryl methyl sites for hydroxylation is 1. The highest BCUT2D eigenvalue weighted by atomic mass is 32.1. The van der Waals surface area contributed by atoms with E-state index in [-0.39, 0.29) is 11.2 Å². The van der Waals surface area contributed by atoms with Gasteiger partial charge in [0.1, 0.15) is 4.83 Å². The Kier molecular flexibility index (Phi) is 3.02. The fourth-order valence-electron chi connectivity index (χ4n) is 2.31. The monoisotopic (exact) mass is 287 g/mol. The molecule has 3 aromatic heterocycles. The second-order valence-electron chi connectivity index (χ2n) is 4.48. The van der Waals surface area contributed by atoms with Crippen molar-refractivity contribution in [1.29, 1.82) is 0 Å². The van der Waals surface area contributed by atoms with Gasteiger partial charge >= 0.3 is 5.69 Å². The largest absolute Gasteiger partial charge is 0.329 e. The molecule has 1 N–H and O–H groups in total. The first-order valence-corrected chi connectivity index (χ1v) is 7.11. The van der Waals surface area contributed by atoms with E-state index in [1.54, 1.807) is 19.3 Å². The highest BCUT2D eigenvalue weighted by Crippen LogP contribution is 2.34. The number of nitrogens with zero attached hydrogens (tertiary/aromatic N) is 2. The van der Waals surface area contributed by atoms with Crippen molar-refractivity contribution < 1.29 is 0 Å². The smallest absolute Gasteiger partial charge is 0.298 e. The van der Waals surface area contributed by atoms with Crippen LogP contribution in [0.15, 0.2) is 34.1 Å². The van der Waals surface area contributed by atoms with Crippen molar-refractivity contribution in [2.24, 2.45) is 0 Å². The van der Waals surface area contributed by atoms with Crippen LogP contribution in [0.1, 0.15) is 12.5 Å². The zero-order chi connectivity index (χ0) is 14.3. The Labute approximate surface area is 118 Å². The van der Waals surface area contributed by atoms with Crippen LogP contribution in [-0.4, -0.2) is 14.5 Å². The minimum absolute atomic E-state index is 0.227. The van der Waals surface area contributed by atoms with Gasteiger partial charge in [-0.05, 0) is 25.5 Å². The summed E-state index contributed by atoms with van der Waals surface area (Å²) in [6.45, 7) is 4.05. The lowest BCUT2D eigenvalue weighted by molar-refractivity contribution is 0.685. The van der Waals surface area contributed by atoms with Gasteiger partial charge in [0.15, 0.2) is 0 Å². The summed E-state index contributed by atoms with van der Waals surface area (Å²) in [4.78, 5) is 32.7. The summed E-state index contributed by atoms with van der Waals surface area (Å²) < 4.78 is 1.22. The maximum atomic E-state index is 12.4. The van der Waals surface area contributed by atoms with E-state index in [0.717, 1.165) is 16.0 Å². The molecule has 0 aliphatic carbocycles. The molecule has 0 saturated carbocycles. The molecule has 3 heterocycles. The van der Waals surface area contributed by atoms with E-state index >= 15 is 0 Å². The molecular weight excluding hydrogens is 274 g/mol. The third-order valence-corrected chi connectivity index (χ3v) is 4.57. The molecule has 0 unspecified atom stereocenters. The van der Waals surface area contributed by atoms with Crippen molar-refractivity contribution in [3.05, 3.63) is 50.9 Å². The maximum Gasteiger partial charge on any atom is 0.329 e. The molecule has 0 spiro atoms. The van der Waals surface area contributed by atoms with Gasteiger partial charge in [0, 0.05) is 29.4 Å². The molecule has 0 radical (unpaired) electrons. The summed E-state index contributed by atoms with van der Waals surface area (Å²) in [6, 6.07) is 3.80. The van der Waals surface area contributed by atoms with Crippen LogP contribution in [0.2, 0.25) is 0 Å². The lowest BCUT2D eigenvalue weighted by atomic mass is 10.1. The van der Waals surface area contributed by atoms with Gasteiger partial charge in [-0.3, -0.25) is 19.3 Å². The van der Waals surface area contributed by atoms with E-state index < -0.39 is 0 Å². The summed E-state index contributed by atoms with van der Waals surface area (Å²) in [6.07, 6.45) is 3.46. The number of pyridine rings is 1. The maximum absolute atomic E-state index is 12.4. The van der Waals surface area contributed by atoms with Gasteiger partial charge in [0.05, 0.1) is 5.39 Å². The highest BCUT2D eigenvalue weighted by molar-refractivity contribution is 7.22. The zero-order valence-electron chi connectivity index (χ0n) is 11.1. The molecule has 3 rings (SSSR count). The zero-order valence-corrected chi connectivity index (χ0v) is 12.0. The van der Waals surface area contributed by atoms with E-state index in [2.05, 4.69) is 9.97 Å². The van der Waals surface area contributed by atoms with Gasteiger partial charge in [-0.15, -0.1) is 11.3 Å². The van der Waals surface area contributed by atoms with Gasteiger partial charge in [0.25, 0.3) is 5.56 Å². The number of hydrogen-bond acceptors (Lipinski definition) is 4. The van der Waals surface area contributed by atoms with Crippen LogP contribution in [0.3, 0.4) is 0 Å². The molecule has 0 aliphatic heterocycles. The van der Waals surface area contributed by atoms with E-state index in [9.17, 15) is 9.59 Å². The quantitative estimate of drug-likeness (QED) is 0.785. The Bertz CT molecular complexity index is 890. The molecular formula is C14H13N3O2S. The normalized spacial score (nSPS) is 11.1. The molecule has 0 saturated heterocycles. The Morgan fingerprint density at radius 1 is 1.40 bits per heavy atom. The third-order valence-electron chi connectivity index (χ3n) is 3.31. The van der Waals surface area contributed by atoms with Crippen molar-refractivity contribution in [2.45, 2.75) is 20.4 Å². The number of nitrogens with one attached hydrogen (secondary N) is 1. The van der Waals surface area contributed by atoms with Gasteiger partial charge in [0.2, 0.25) is 0 Å². The van der Waals surface area contributed by atoms with Crippen LogP contribution >= 0.6 is 11.3 Å². The van der Waals surface area contributed by atoms with Crippen molar-refractivity contribution in [1.82, 2.24) is 14.5 Å². The summed E-state index contributed by atoms with van der Waals surface area (Å²) in [5, 5.41) is 0.593. The minimum Gasteiger partial charge on any atom is -0.298 e. The third kappa shape index (κ3) is 1.80. The van der Waals surface area contributed by atoms with Crippen molar-refractivity contribution in [3.63, 3.8) is 0 Å². The van der Waals surface area contributed by atoms with Crippen molar-refractivity contribution in [3.8, 4) is 10.4 Å². The molecule has 0 amide bonds. The number of aromatic nitrogens is 3. The van der Waals surface area contributed by atoms with Crippen LogP contribution in [0.5, 0.6) is 0 Å². The van der Waals surface area contributed by atoms with Crippen LogP contribution < -0.4 is 11.2 Å². The number of hydrogen-bond donors (Lipinski definition) is 1. The number of aromatic amines is 1. The molecule has 0 fully saturated rings. The van der Waals surface area contributed by atoms with E-state index in [1.165, 1.54) is 15.9 Å². The summed E-state index contributed by atoms with van der Waals surface area (Å²) in [5.74, 6) is 0. The molecule has 102 valence electrons. The van der Waals surface area contributed by atoms with Crippen LogP contribution in [-0.2, 0) is 6.54 Å². The standard InChI is InChI=1S/C14H13N3O2S/c1-3-17-13(18)10-8(2)11(9-5-4-6-15-7-9)20-12(10)16-14(17)19/h4-7H,3H2,1-2H3,(H,16,19). The molecule has 0 atom stereocenters. The molecule has 6 heteroatoms. The minimum atomic E-state index is -0.357. The fourth-order valence-corrected chi connectivity index (χ4v) is 3.49. The number of H-pyrrole nitrogens is 1. The highest BCUT2D eigenvalue weighted by Gasteiger charge is 2.16. The van der Waals surface area contributed by atoms with Crippen LogP contribution in [0, 0.1) is 6.92 Å². The topological polar surface area (TPSA) is 67.8 Å². The van der Waals surface area contributed by atoms with E-state index in [0.29, 0.717) is 16.8 Å². The number of rotatable bonds is 2. The second-order valence-corrected chi connectivity index (χ2v) is 5.50. The van der Waals surface area contributed by atoms with Gasteiger partial charge in [-0.2, -0.15) is 0 Å². The second kappa shape index (κ2) is 4.72. The Morgan fingerprint density at radius 3 is 2.85 bits per heavy atom. The van der Waals surface area contributed by atoms with E-state index in [1.807, 2.05) is 19.1 Å². The molecule has 3 aromatic rings. The SMILES string of the molecule is CCn1c(=O)[nH]c2sc(-c3cccnc3)c(C)c2c1=O. The lowest BCUT2D eigenvalue weighted by Gasteiger charge is -2.00. The van der Waals surface area contributed by atoms with E-state index in [4.69, 9.17) is 0 Å². The summed E-state index contributed by atoms with van der Waals surface area (Å²) in [5.41, 5.74) is 1.26. The predicted octanol–water partition coefficient (Wildman–Crippen LogP) is 2.14. The van der Waals surface area contributed by atoms with Gasteiger partial charge in [-0.25, -0.2) is 4.79 Å². The van der Waals surface area contributed by atoms with Gasteiger partial charge < -0.3 is 0 Å². The first kappa shape index (κ1) is 12.8. The molecule has 0 aromatic carbocycles. The van der Waals surface area contributed by atoms with Crippen molar-refractivity contribution >= 4 is 21.6 Å². The van der Waals surface area contributed by atoms with Gasteiger partial charge in [-0.1, -0.05) is 6.07 Å². The van der Waals surface area contributed by atoms with Crippen LogP contribution in [0.4, 0.5) is 0 Å². The summed E-state index contributed by atoms with van der Waals surface area (Å²) >= 11 is 1.42. The number of thiophene rings is 1. The lowest BCUT2D eigenvalue weighted by Crippen LogP contribution is -2.34. The average Bonchev–Trinajstić information content (AvgIpc) is 2.77. The average molecular weight is 287 g/mol.